The van der Waals surface area contributed by atoms with Gasteiger partial charge in [-0.05, 0) is 134 Å². The molecule has 0 unspecified atom stereocenters. The molecule has 1 aromatic carbocycles. The Bertz CT molecular complexity index is 1230. The number of carboxylic acid groups (broad SMARTS) is 1. The van der Waals surface area contributed by atoms with Crippen LogP contribution in [-0.2, 0) is 4.79 Å². The molecular weight excluding hydrogens is 548 g/mol. The second-order valence-corrected chi connectivity index (χ2v) is 15.0. The lowest BCUT2D eigenvalue weighted by molar-refractivity contribution is -0.131. The van der Waals surface area contributed by atoms with Gasteiger partial charge in [0, 0.05) is 6.08 Å². The molecule has 1 aromatic rings. The first kappa shape index (κ1) is 34.3. The summed E-state index contributed by atoms with van der Waals surface area (Å²) >= 11 is 0. The third-order valence-electron chi connectivity index (χ3n) is 12.4. The van der Waals surface area contributed by atoms with Gasteiger partial charge in [-0.15, -0.1) is 0 Å². The second-order valence-electron chi connectivity index (χ2n) is 15.0. The normalized spacial score (nSPS) is 34.4. The number of phenolic OH excluding ortho intramolecular Hbond substituents is 1. The zero-order chi connectivity index (χ0) is 32.2. The van der Waals surface area contributed by atoms with Crippen LogP contribution in [0.4, 0.5) is 0 Å². The van der Waals surface area contributed by atoms with E-state index in [4.69, 9.17) is 9.84 Å². The molecule has 4 aliphatic carbocycles. The van der Waals surface area contributed by atoms with E-state index in [1.807, 2.05) is 0 Å². The lowest BCUT2D eigenvalue weighted by atomic mass is 9.47. The molecule has 0 amide bonds. The number of hydrogen-bond donors (Lipinski definition) is 3. The summed E-state index contributed by atoms with van der Waals surface area (Å²) in [5.41, 5.74) is 3.16. The van der Waals surface area contributed by atoms with Gasteiger partial charge in [-0.25, -0.2) is 4.79 Å². The lowest BCUT2D eigenvalue weighted by Crippen LogP contribution is -2.50. The summed E-state index contributed by atoms with van der Waals surface area (Å²) < 4.78 is 4.86. The molecule has 0 saturated heterocycles. The highest BCUT2D eigenvalue weighted by atomic mass is 16.5. The van der Waals surface area contributed by atoms with Gasteiger partial charge in [0.15, 0.2) is 11.5 Å². The van der Waals surface area contributed by atoms with Crippen LogP contribution in [0, 0.1) is 52.3 Å². The van der Waals surface area contributed by atoms with E-state index in [1.165, 1.54) is 64.2 Å². The van der Waals surface area contributed by atoms with Crippen LogP contribution in [0.5, 0.6) is 11.5 Å². The molecule has 5 nitrogen and oxygen atoms in total. The molecule has 3 N–H and O–H groups in total. The average molecular weight is 607 g/mol. The highest BCUT2D eigenvalue weighted by molar-refractivity contribution is 5.85. The summed E-state index contributed by atoms with van der Waals surface area (Å²) in [6.45, 7) is 14.8. The van der Waals surface area contributed by atoms with E-state index in [0.717, 1.165) is 54.4 Å². The number of benzene rings is 1. The fourth-order valence-corrected chi connectivity index (χ4v) is 9.79. The van der Waals surface area contributed by atoms with E-state index in [9.17, 15) is 15.0 Å². The Morgan fingerprint density at radius 3 is 2.48 bits per heavy atom. The first-order valence-corrected chi connectivity index (χ1v) is 17.2. The molecule has 5 rings (SSSR count). The molecule has 4 aliphatic rings. The summed E-state index contributed by atoms with van der Waals surface area (Å²) in [5, 5.41) is 27.9. The Morgan fingerprint density at radius 1 is 1.07 bits per heavy atom. The van der Waals surface area contributed by atoms with Crippen molar-refractivity contribution in [2.75, 3.05) is 7.11 Å². The van der Waals surface area contributed by atoms with Crippen LogP contribution >= 0.6 is 0 Å². The largest absolute Gasteiger partial charge is 0.504 e. The summed E-state index contributed by atoms with van der Waals surface area (Å²) in [6, 6.07) is 4.59. The van der Waals surface area contributed by atoms with E-state index in [1.54, 1.807) is 17.7 Å². The number of fused-ring (bicyclic) bond motifs is 5. The minimum absolute atomic E-state index is 0.0278. The summed E-state index contributed by atoms with van der Waals surface area (Å²) in [7, 11) is 1.43. The Hall–Kier alpha value is -2.53. The van der Waals surface area contributed by atoms with Gasteiger partial charge >= 0.3 is 5.97 Å². The van der Waals surface area contributed by atoms with Crippen LogP contribution in [0.1, 0.15) is 105 Å². The Morgan fingerprint density at radius 2 is 1.82 bits per heavy atom. The topological polar surface area (TPSA) is 87.0 Å². The highest BCUT2D eigenvalue weighted by Gasteiger charge is 2.59. The maximum absolute atomic E-state index is 10.2. The van der Waals surface area contributed by atoms with E-state index in [2.05, 4.69) is 59.8 Å². The van der Waals surface area contributed by atoms with Crippen molar-refractivity contribution in [3.05, 3.63) is 53.6 Å². The number of hydrogen-bond acceptors (Lipinski definition) is 4. The minimum atomic E-state index is -1.02. The van der Waals surface area contributed by atoms with Crippen molar-refractivity contribution < 1.29 is 24.9 Å². The monoisotopic (exact) mass is 606 g/mol. The van der Waals surface area contributed by atoms with E-state index >= 15 is 0 Å². The van der Waals surface area contributed by atoms with E-state index in [0.29, 0.717) is 28.1 Å². The number of allylic oxidation sites excluding steroid dienone is 3. The summed E-state index contributed by atoms with van der Waals surface area (Å²) in [5.74, 6) is 5.02. The van der Waals surface area contributed by atoms with Crippen LogP contribution in [-0.4, -0.2) is 34.5 Å². The predicted molar refractivity (Wildman–Crippen MR) is 179 cm³/mol. The molecule has 5 heteroatoms. The van der Waals surface area contributed by atoms with Crippen LogP contribution in [0.15, 0.2) is 48.1 Å². The maximum atomic E-state index is 10.2. The Labute approximate surface area is 266 Å². The SMILES string of the molecule is CC[C@H](/C=C/[C@@H](C)[C@H]1CC[C@H]2[C@@H]3CC=C4C[C@@H](O)CC[C@]4(C)[C@H]3CC[C@]12C)C(C)C.COc1cc(/C=C/C(=O)O)ccc1O. The molecular formula is C39H58O5. The Balaban J connectivity index is 0.000000265. The number of phenols is 1. The standard InChI is InChI=1S/C29H48O.C10H10O4/c1-7-21(19(2)3)9-8-20(4)25-12-13-26-24-11-10-22-18-23(30)14-16-28(22,5)27(24)15-17-29(25,26)6;1-14-9-6-7(2-4-8(9)11)3-5-10(12)13/h8-10,19-21,23-27,30H,7,11-18H2,1-6H3;2-6,11H,1H3,(H,12,13)/b9-8+;5-3+/t20-,21-,23+,24+,25-,26+,27+,28+,29-;/m1./s1. The summed E-state index contributed by atoms with van der Waals surface area (Å²) in [4.78, 5) is 10.2. The molecule has 0 aliphatic heterocycles. The van der Waals surface area contributed by atoms with Crippen LogP contribution < -0.4 is 4.74 Å². The van der Waals surface area contributed by atoms with Gasteiger partial charge in [0.2, 0.25) is 0 Å². The molecule has 0 heterocycles. The van der Waals surface area contributed by atoms with Gasteiger partial charge in [-0.3, -0.25) is 0 Å². The number of aliphatic hydroxyl groups is 1. The number of aliphatic hydroxyl groups excluding tert-OH is 1. The molecule has 244 valence electrons. The smallest absolute Gasteiger partial charge is 0.328 e. The van der Waals surface area contributed by atoms with Gasteiger partial charge in [0.05, 0.1) is 13.2 Å². The van der Waals surface area contributed by atoms with Crippen molar-refractivity contribution in [3.8, 4) is 11.5 Å². The number of aliphatic carboxylic acids is 1. The molecule has 44 heavy (non-hydrogen) atoms. The fourth-order valence-electron chi connectivity index (χ4n) is 9.79. The van der Waals surface area contributed by atoms with Crippen molar-refractivity contribution in [1.29, 1.82) is 0 Å². The third kappa shape index (κ3) is 7.14. The molecule has 9 atom stereocenters. The molecule has 0 radical (unpaired) electrons. The van der Waals surface area contributed by atoms with Gasteiger partial charge in [-0.1, -0.05) is 71.4 Å². The second kappa shape index (κ2) is 14.3. The third-order valence-corrected chi connectivity index (χ3v) is 12.4. The Kier molecular flexibility index (Phi) is 11.1. The number of aromatic hydroxyl groups is 1. The quantitative estimate of drug-likeness (QED) is 0.203. The summed E-state index contributed by atoms with van der Waals surface area (Å²) in [6.07, 6.45) is 21.5. The zero-order valence-corrected chi connectivity index (χ0v) is 28.3. The van der Waals surface area contributed by atoms with Crippen molar-refractivity contribution in [2.45, 2.75) is 105 Å². The number of carbonyl (C=O) groups is 1. The number of methoxy groups -OCH3 is 1. The maximum Gasteiger partial charge on any atom is 0.328 e. The van der Waals surface area contributed by atoms with Gasteiger partial charge < -0.3 is 20.1 Å². The van der Waals surface area contributed by atoms with E-state index < -0.39 is 5.97 Å². The van der Waals surface area contributed by atoms with Crippen molar-refractivity contribution in [2.24, 2.45) is 52.3 Å². The van der Waals surface area contributed by atoms with Gasteiger partial charge in [0.25, 0.3) is 0 Å². The average Bonchev–Trinajstić information content (AvgIpc) is 3.34. The van der Waals surface area contributed by atoms with Crippen molar-refractivity contribution >= 4 is 12.0 Å². The van der Waals surface area contributed by atoms with Gasteiger partial charge in [0.1, 0.15) is 0 Å². The fraction of sp³-hybridized carbons (Fsp3) is 0.667. The molecule has 0 spiro atoms. The molecule has 0 aromatic heterocycles. The number of ether oxygens (including phenoxy) is 1. The highest BCUT2D eigenvalue weighted by Crippen LogP contribution is 2.67. The molecule has 3 fully saturated rings. The number of carboxylic acids is 1. The molecule has 3 saturated carbocycles. The first-order chi connectivity index (χ1) is 20.8. The molecule has 0 bridgehead atoms. The number of rotatable bonds is 8. The predicted octanol–water partition coefficient (Wildman–Crippen LogP) is 9.30. The van der Waals surface area contributed by atoms with E-state index in [-0.39, 0.29) is 11.9 Å². The van der Waals surface area contributed by atoms with Crippen LogP contribution in [0.25, 0.3) is 6.08 Å². The van der Waals surface area contributed by atoms with Crippen molar-refractivity contribution in [1.82, 2.24) is 0 Å². The van der Waals surface area contributed by atoms with Crippen LogP contribution in [0.3, 0.4) is 0 Å². The van der Waals surface area contributed by atoms with Crippen molar-refractivity contribution in [3.63, 3.8) is 0 Å². The first-order valence-electron chi connectivity index (χ1n) is 17.2. The lowest BCUT2D eigenvalue weighted by Gasteiger charge is -2.58. The zero-order valence-electron chi connectivity index (χ0n) is 28.3. The van der Waals surface area contributed by atoms with Crippen LogP contribution in [0.2, 0.25) is 0 Å². The van der Waals surface area contributed by atoms with Gasteiger partial charge in [-0.2, -0.15) is 0 Å². The minimum Gasteiger partial charge on any atom is -0.504 e.